The summed E-state index contributed by atoms with van der Waals surface area (Å²) in [6.45, 7) is 2.96. The number of carbonyl (C=O) groups is 1. The van der Waals surface area contributed by atoms with Crippen LogP contribution in [0.3, 0.4) is 0 Å². The van der Waals surface area contributed by atoms with Gasteiger partial charge in [0.05, 0.1) is 12.5 Å². The molecule has 2 fully saturated rings. The molecule has 1 aromatic carbocycles. The minimum atomic E-state index is -0.370. The van der Waals surface area contributed by atoms with Gasteiger partial charge in [0.1, 0.15) is 11.4 Å². The van der Waals surface area contributed by atoms with Crippen molar-refractivity contribution < 1.29 is 14.3 Å². The number of esters is 1. The summed E-state index contributed by atoms with van der Waals surface area (Å²) in [5.74, 6) is 1.49. The van der Waals surface area contributed by atoms with Crippen molar-refractivity contribution in [2.45, 2.75) is 18.9 Å². The third-order valence-electron chi connectivity index (χ3n) is 4.63. The second kappa shape index (κ2) is 2.91. The quantitative estimate of drug-likeness (QED) is 0.506. The lowest BCUT2D eigenvalue weighted by atomic mass is 9.55. The highest BCUT2D eigenvalue weighted by Gasteiger charge is 2.68. The monoisotopic (exact) mass is 230 g/mol. The van der Waals surface area contributed by atoms with E-state index in [-0.39, 0.29) is 17.5 Å². The molecule has 1 aromatic rings. The summed E-state index contributed by atoms with van der Waals surface area (Å²) in [6, 6.07) is 7.79. The van der Waals surface area contributed by atoms with Crippen LogP contribution in [0.25, 0.3) is 0 Å². The van der Waals surface area contributed by atoms with Crippen LogP contribution in [-0.2, 0) is 15.1 Å². The molecule has 0 unspecified atom stereocenters. The standard InChI is InChI=1S/C14H14O3/c1-8-7-16-14-9-4-2-3-5-12(9)17-13(15)11(14)6-10(8)14/h2-5,8,10-11H,6-7H2,1H3/t8-,10+,11+,14-/m0/s1. The first-order chi connectivity index (χ1) is 8.23. The SMILES string of the molecule is C[C@H]1CO[C@]23c4ccccc4OC(=O)[C@H]2C[C@H]13. The highest BCUT2D eigenvalue weighted by Crippen LogP contribution is 2.64. The highest BCUT2D eigenvalue weighted by atomic mass is 16.6. The summed E-state index contributed by atoms with van der Waals surface area (Å²) in [7, 11) is 0. The molecular formula is C14H14O3. The largest absolute Gasteiger partial charge is 0.426 e. The van der Waals surface area contributed by atoms with Crippen LogP contribution in [0.15, 0.2) is 24.3 Å². The van der Waals surface area contributed by atoms with E-state index in [2.05, 4.69) is 6.92 Å². The number of fused-ring (bicyclic) bond motifs is 1. The van der Waals surface area contributed by atoms with Gasteiger partial charge in [-0.3, -0.25) is 4.79 Å². The van der Waals surface area contributed by atoms with Crippen molar-refractivity contribution in [3.63, 3.8) is 0 Å². The molecule has 0 amide bonds. The van der Waals surface area contributed by atoms with Crippen LogP contribution < -0.4 is 4.74 Å². The first-order valence-electron chi connectivity index (χ1n) is 6.18. The van der Waals surface area contributed by atoms with E-state index in [9.17, 15) is 4.79 Å². The van der Waals surface area contributed by atoms with Gasteiger partial charge in [0.15, 0.2) is 0 Å². The Morgan fingerprint density at radius 2 is 2.18 bits per heavy atom. The molecule has 0 bridgehead atoms. The fourth-order valence-corrected chi connectivity index (χ4v) is 3.74. The molecule has 3 heteroatoms. The Morgan fingerprint density at radius 1 is 1.35 bits per heavy atom. The first-order valence-corrected chi connectivity index (χ1v) is 6.18. The molecule has 2 heterocycles. The predicted octanol–water partition coefficient (Wildman–Crippen LogP) is 2.10. The molecule has 2 aliphatic heterocycles. The fourth-order valence-electron chi connectivity index (χ4n) is 3.74. The van der Waals surface area contributed by atoms with Gasteiger partial charge in [0.25, 0.3) is 0 Å². The molecule has 1 saturated carbocycles. The first kappa shape index (κ1) is 9.66. The van der Waals surface area contributed by atoms with E-state index in [1.807, 2.05) is 24.3 Å². The highest BCUT2D eigenvalue weighted by molar-refractivity contribution is 5.82. The van der Waals surface area contributed by atoms with Gasteiger partial charge in [0, 0.05) is 5.56 Å². The van der Waals surface area contributed by atoms with Crippen LogP contribution >= 0.6 is 0 Å². The van der Waals surface area contributed by atoms with Crippen LogP contribution in [0.4, 0.5) is 0 Å². The topological polar surface area (TPSA) is 35.5 Å². The number of para-hydroxylation sites is 1. The van der Waals surface area contributed by atoms with Crippen LogP contribution in [-0.4, -0.2) is 12.6 Å². The molecule has 3 aliphatic rings. The van der Waals surface area contributed by atoms with Gasteiger partial charge >= 0.3 is 5.97 Å². The molecule has 1 spiro atoms. The summed E-state index contributed by atoms with van der Waals surface area (Å²) < 4.78 is 11.4. The van der Waals surface area contributed by atoms with Crippen molar-refractivity contribution in [3.05, 3.63) is 29.8 Å². The van der Waals surface area contributed by atoms with Crippen LogP contribution in [0.5, 0.6) is 5.75 Å². The van der Waals surface area contributed by atoms with Crippen molar-refractivity contribution in [1.29, 1.82) is 0 Å². The normalized spacial score (nSPS) is 41.9. The Balaban J connectivity index is 1.93. The van der Waals surface area contributed by atoms with E-state index in [4.69, 9.17) is 9.47 Å². The smallest absolute Gasteiger partial charge is 0.317 e. The zero-order chi connectivity index (χ0) is 11.6. The second-order valence-electron chi connectivity index (χ2n) is 5.39. The summed E-state index contributed by atoms with van der Waals surface area (Å²) in [5, 5.41) is 0. The Bertz CT molecular complexity index is 510. The number of carbonyl (C=O) groups excluding carboxylic acids is 1. The molecule has 0 radical (unpaired) electrons. The maximum atomic E-state index is 12.0. The van der Waals surface area contributed by atoms with Crippen molar-refractivity contribution in [2.75, 3.05) is 6.61 Å². The Hall–Kier alpha value is -1.35. The average molecular weight is 230 g/mol. The Labute approximate surface area is 99.7 Å². The number of rotatable bonds is 0. The summed E-state index contributed by atoms with van der Waals surface area (Å²) in [6.07, 6.45) is 0.911. The molecule has 0 N–H and O–H groups in total. The van der Waals surface area contributed by atoms with E-state index in [0.29, 0.717) is 17.6 Å². The molecule has 3 nitrogen and oxygen atoms in total. The zero-order valence-electron chi connectivity index (χ0n) is 9.68. The maximum Gasteiger partial charge on any atom is 0.317 e. The van der Waals surface area contributed by atoms with E-state index in [1.54, 1.807) is 0 Å². The lowest BCUT2D eigenvalue weighted by Gasteiger charge is -2.53. The third kappa shape index (κ3) is 0.951. The molecule has 4 atom stereocenters. The second-order valence-corrected chi connectivity index (χ2v) is 5.39. The summed E-state index contributed by atoms with van der Waals surface area (Å²) in [4.78, 5) is 12.0. The van der Waals surface area contributed by atoms with Gasteiger partial charge < -0.3 is 9.47 Å². The maximum absolute atomic E-state index is 12.0. The minimum Gasteiger partial charge on any atom is -0.426 e. The van der Waals surface area contributed by atoms with Gasteiger partial charge in [-0.1, -0.05) is 25.1 Å². The minimum absolute atomic E-state index is 0.0904. The van der Waals surface area contributed by atoms with Crippen LogP contribution in [0, 0.1) is 17.8 Å². The van der Waals surface area contributed by atoms with Crippen molar-refractivity contribution in [3.8, 4) is 5.75 Å². The Kier molecular flexibility index (Phi) is 1.65. The average Bonchev–Trinajstić information content (AvgIpc) is 2.51. The van der Waals surface area contributed by atoms with E-state index < -0.39 is 0 Å². The zero-order valence-corrected chi connectivity index (χ0v) is 9.68. The molecule has 1 aliphatic carbocycles. The summed E-state index contributed by atoms with van der Waals surface area (Å²) >= 11 is 0. The summed E-state index contributed by atoms with van der Waals surface area (Å²) in [5.41, 5.74) is 0.705. The van der Waals surface area contributed by atoms with Crippen LogP contribution in [0.2, 0.25) is 0 Å². The van der Waals surface area contributed by atoms with Crippen LogP contribution in [0.1, 0.15) is 18.9 Å². The number of hydrogen-bond acceptors (Lipinski definition) is 3. The van der Waals surface area contributed by atoms with Gasteiger partial charge in [-0.05, 0) is 24.3 Å². The number of benzene rings is 1. The predicted molar refractivity (Wildman–Crippen MR) is 60.5 cm³/mol. The lowest BCUT2D eigenvalue weighted by molar-refractivity contribution is -0.188. The van der Waals surface area contributed by atoms with Gasteiger partial charge in [-0.25, -0.2) is 0 Å². The fraction of sp³-hybridized carbons (Fsp3) is 0.500. The molecule has 4 rings (SSSR count). The van der Waals surface area contributed by atoms with E-state index in [0.717, 1.165) is 18.6 Å². The van der Waals surface area contributed by atoms with E-state index in [1.165, 1.54) is 0 Å². The number of ether oxygens (including phenoxy) is 2. The van der Waals surface area contributed by atoms with Crippen molar-refractivity contribution in [1.82, 2.24) is 0 Å². The molecule has 17 heavy (non-hydrogen) atoms. The van der Waals surface area contributed by atoms with E-state index >= 15 is 0 Å². The third-order valence-corrected chi connectivity index (χ3v) is 4.63. The molecule has 1 saturated heterocycles. The molecular weight excluding hydrogens is 216 g/mol. The van der Waals surface area contributed by atoms with Crippen molar-refractivity contribution in [2.24, 2.45) is 17.8 Å². The van der Waals surface area contributed by atoms with Gasteiger partial charge in [0.2, 0.25) is 0 Å². The van der Waals surface area contributed by atoms with Gasteiger partial charge in [-0.15, -0.1) is 0 Å². The Morgan fingerprint density at radius 3 is 3.00 bits per heavy atom. The van der Waals surface area contributed by atoms with Gasteiger partial charge in [-0.2, -0.15) is 0 Å². The molecule has 0 aromatic heterocycles. The lowest BCUT2D eigenvalue weighted by Crippen LogP contribution is -2.58. The number of hydrogen-bond donors (Lipinski definition) is 0. The van der Waals surface area contributed by atoms with Crippen molar-refractivity contribution >= 4 is 5.97 Å². The molecule has 88 valence electrons.